The number of rotatable bonds is 7. The average Bonchev–Trinajstić information content (AvgIpc) is 3.59. The van der Waals surface area contributed by atoms with Gasteiger partial charge in [-0.25, -0.2) is 9.59 Å². The van der Waals surface area contributed by atoms with Crippen molar-refractivity contribution in [2.45, 2.75) is 30.4 Å². The molecule has 2 amide bonds. The quantitative estimate of drug-likeness (QED) is 0.556. The highest BCUT2D eigenvalue weighted by molar-refractivity contribution is 5.90. The van der Waals surface area contributed by atoms with Crippen molar-refractivity contribution >= 4 is 18.0 Å². The zero-order valence-corrected chi connectivity index (χ0v) is 19.2. The van der Waals surface area contributed by atoms with Gasteiger partial charge < -0.3 is 30.0 Å². The summed E-state index contributed by atoms with van der Waals surface area (Å²) in [5.74, 6) is -1.88. The van der Waals surface area contributed by atoms with Gasteiger partial charge in [0.05, 0.1) is 6.61 Å². The molecule has 3 unspecified atom stereocenters. The van der Waals surface area contributed by atoms with Crippen molar-refractivity contribution in [3.05, 3.63) is 59.7 Å². The number of nitrogens with one attached hydrogen (secondary N) is 2. The highest BCUT2D eigenvalue weighted by Crippen LogP contribution is 2.44. The second kappa shape index (κ2) is 9.67. The van der Waals surface area contributed by atoms with Crippen molar-refractivity contribution in [3.63, 3.8) is 0 Å². The van der Waals surface area contributed by atoms with E-state index in [0.717, 1.165) is 22.3 Å². The van der Waals surface area contributed by atoms with E-state index < -0.39 is 29.6 Å². The molecular weight excluding hydrogens is 452 g/mol. The van der Waals surface area contributed by atoms with E-state index >= 15 is 0 Å². The predicted molar refractivity (Wildman–Crippen MR) is 125 cm³/mol. The number of benzene rings is 2. The molecule has 35 heavy (non-hydrogen) atoms. The van der Waals surface area contributed by atoms with Crippen LogP contribution >= 0.6 is 0 Å². The van der Waals surface area contributed by atoms with Crippen molar-refractivity contribution < 1.29 is 33.7 Å². The van der Waals surface area contributed by atoms with Crippen molar-refractivity contribution in [3.8, 4) is 11.1 Å². The number of carbonyl (C=O) groups excluding carboxylic acids is 2. The molecule has 2 heterocycles. The topological polar surface area (TPSA) is 123 Å². The second-order valence-electron chi connectivity index (χ2n) is 9.22. The van der Waals surface area contributed by atoms with Gasteiger partial charge in [0.2, 0.25) is 5.91 Å². The summed E-state index contributed by atoms with van der Waals surface area (Å²) in [6, 6.07) is 16.1. The Kier molecular flexibility index (Phi) is 6.44. The van der Waals surface area contributed by atoms with Gasteiger partial charge in [-0.2, -0.15) is 0 Å². The van der Waals surface area contributed by atoms with E-state index in [2.05, 4.69) is 22.8 Å². The summed E-state index contributed by atoms with van der Waals surface area (Å²) in [6.45, 7) is 0.958. The number of hydrogen-bond acceptors (Lipinski definition) is 6. The van der Waals surface area contributed by atoms with Gasteiger partial charge in [-0.15, -0.1) is 0 Å². The molecule has 5 rings (SSSR count). The summed E-state index contributed by atoms with van der Waals surface area (Å²) in [7, 11) is 0. The lowest BCUT2D eigenvalue weighted by atomic mass is 9.96. The molecule has 2 saturated heterocycles. The van der Waals surface area contributed by atoms with E-state index in [4.69, 9.17) is 14.2 Å². The van der Waals surface area contributed by atoms with Crippen LogP contribution in [0.5, 0.6) is 0 Å². The largest absolute Gasteiger partial charge is 0.479 e. The zero-order valence-electron chi connectivity index (χ0n) is 19.2. The molecule has 9 heteroatoms. The number of carboxylic acids is 1. The van der Waals surface area contributed by atoms with Gasteiger partial charge in [0.1, 0.15) is 12.1 Å². The minimum absolute atomic E-state index is 0.0204. The van der Waals surface area contributed by atoms with Crippen molar-refractivity contribution in [1.29, 1.82) is 0 Å². The van der Waals surface area contributed by atoms with Crippen molar-refractivity contribution in [2.24, 2.45) is 5.92 Å². The van der Waals surface area contributed by atoms with E-state index in [1.54, 1.807) is 0 Å². The van der Waals surface area contributed by atoms with Gasteiger partial charge in [0, 0.05) is 38.0 Å². The molecule has 0 aromatic heterocycles. The lowest BCUT2D eigenvalue weighted by Gasteiger charge is -2.28. The van der Waals surface area contributed by atoms with E-state index in [0.29, 0.717) is 26.1 Å². The van der Waals surface area contributed by atoms with Crippen LogP contribution in [-0.4, -0.2) is 67.7 Å². The Balaban J connectivity index is 1.22. The second-order valence-corrected chi connectivity index (χ2v) is 9.22. The van der Waals surface area contributed by atoms with Crippen LogP contribution in [0.25, 0.3) is 11.1 Å². The smallest absolute Gasteiger partial charge is 0.408 e. The molecule has 2 fully saturated rings. The van der Waals surface area contributed by atoms with E-state index in [1.165, 1.54) is 0 Å². The number of alkyl carbamates (subject to hydrolysis) is 1. The van der Waals surface area contributed by atoms with Crippen LogP contribution in [0.2, 0.25) is 0 Å². The minimum atomic E-state index is -1.26. The molecule has 0 saturated carbocycles. The van der Waals surface area contributed by atoms with E-state index in [-0.39, 0.29) is 31.6 Å². The lowest BCUT2D eigenvalue weighted by Crippen LogP contribution is -2.60. The third kappa shape index (κ3) is 4.49. The molecule has 9 nitrogen and oxygen atoms in total. The summed E-state index contributed by atoms with van der Waals surface area (Å²) in [4.78, 5) is 37.2. The van der Waals surface area contributed by atoms with Gasteiger partial charge in [0.25, 0.3) is 0 Å². The molecule has 2 aromatic rings. The zero-order chi connectivity index (χ0) is 24.4. The molecule has 2 aromatic carbocycles. The summed E-state index contributed by atoms with van der Waals surface area (Å²) < 4.78 is 16.3. The normalized spacial score (nSPS) is 25.0. The number of carboxylic acid groups (broad SMARTS) is 1. The summed E-state index contributed by atoms with van der Waals surface area (Å²) in [5.41, 5.74) is 3.20. The first-order chi connectivity index (χ1) is 17.0. The Morgan fingerprint density at radius 2 is 1.71 bits per heavy atom. The maximum absolute atomic E-state index is 13.1. The van der Waals surface area contributed by atoms with Gasteiger partial charge in [-0.3, -0.25) is 4.79 Å². The average molecular weight is 481 g/mol. The Morgan fingerprint density at radius 1 is 1.03 bits per heavy atom. The summed E-state index contributed by atoms with van der Waals surface area (Å²) in [6.07, 6.45) is -0.797. The molecule has 0 radical (unpaired) electrons. The molecule has 0 bridgehead atoms. The van der Waals surface area contributed by atoms with Crippen LogP contribution in [0.1, 0.15) is 29.9 Å². The van der Waals surface area contributed by atoms with Gasteiger partial charge >= 0.3 is 12.1 Å². The standard InChI is InChI=1S/C26H28N2O7/c29-23(30)22-16(9-11-34-22)13-27-24(31)26(10-12-33-15-26)28-25(32)35-14-21-19-7-3-1-5-17(19)18-6-2-4-8-20(18)21/h1-8,16,21-22H,9-15H2,(H,27,31)(H,28,32)(H,29,30). The van der Waals surface area contributed by atoms with Crippen LogP contribution < -0.4 is 10.6 Å². The van der Waals surface area contributed by atoms with Gasteiger partial charge in [-0.1, -0.05) is 48.5 Å². The summed E-state index contributed by atoms with van der Waals surface area (Å²) in [5, 5.41) is 14.8. The number of fused-ring (bicyclic) bond motifs is 3. The molecule has 184 valence electrons. The van der Waals surface area contributed by atoms with Crippen LogP contribution in [0.15, 0.2) is 48.5 Å². The van der Waals surface area contributed by atoms with Crippen molar-refractivity contribution in [2.75, 3.05) is 33.0 Å². The molecule has 1 aliphatic carbocycles. The number of amides is 2. The molecule has 2 aliphatic heterocycles. The lowest BCUT2D eigenvalue weighted by molar-refractivity contribution is -0.149. The van der Waals surface area contributed by atoms with Gasteiger partial charge in [0.15, 0.2) is 6.10 Å². The van der Waals surface area contributed by atoms with Crippen LogP contribution in [0.4, 0.5) is 4.79 Å². The highest BCUT2D eigenvalue weighted by atomic mass is 16.6. The molecular formula is C26H28N2O7. The fourth-order valence-electron chi connectivity index (χ4n) is 5.24. The van der Waals surface area contributed by atoms with Crippen LogP contribution in [0.3, 0.4) is 0 Å². The van der Waals surface area contributed by atoms with Crippen LogP contribution in [0, 0.1) is 5.92 Å². The van der Waals surface area contributed by atoms with E-state index in [9.17, 15) is 19.5 Å². The first kappa shape index (κ1) is 23.3. The van der Waals surface area contributed by atoms with Gasteiger partial charge in [-0.05, 0) is 28.7 Å². The van der Waals surface area contributed by atoms with E-state index in [1.807, 2.05) is 36.4 Å². The third-order valence-corrected chi connectivity index (χ3v) is 7.12. The Hall–Kier alpha value is -3.43. The van der Waals surface area contributed by atoms with Crippen molar-refractivity contribution in [1.82, 2.24) is 10.6 Å². The number of aliphatic carboxylic acids is 1. The fraction of sp³-hybridized carbons (Fsp3) is 0.423. The first-order valence-corrected chi connectivity index (χ1v) is 11.8. The fourth-order valence-corrected chi connectivity index (χ4v) is 5.24. The summed E-state index contributed by atoms with van der Waals surface area (Å²) >= 11 is 0. The number of ether oxygens (including phenoxy) is 3. The molecule has 0 spiro atoms. The number of hydrogen-bond donors (Lipinski definition) is 3. The molecule has 3 aliphatic rings. The van der Waals surface area contributed by atoms with Crippen LogP contribution in [-0.2, 0) is 23.8 Å². The highest BCUT2D eigenvalue weighted by Gasteiger charge is 2.45. The SMILES string of the molecule is O=C(NC1(C(=O)NCC2CCOC2C(=O)O)CCOC1)OCC1c2ccccc2-c2ccccc21. The first-order valence-electron chi connectivity index (χ1n) is 11.8. The monoisotopic (exact) mass is 480 g/mol. The number of carbonyl (C=O) groups is 3. The Bertz CT molecular complexity index is 1080. The molecule has 3 atom stereocenters. The predicted octanol–water partition coefficient (Wildman–Crippen LogP) is 2.29. The minimum Gasteiger partial charge on any atom is -0.479 e. The maximum Gasteiger partial charge on any atom is 0.408 e. The molecule has 3 N–H and O–H groups in total. The third-order valence-electron chi connectivity index (χ3n) is 7.12. The Morgan fingerprint density at radius 3 is 2.34 bits per heavy atom. The Labute approximate surface area is 202 Å². The maximum atomic E-state index is 13.1.